The van der Waals surface area contributed by atoms with Crippen LogP contribution in [-0.4, -0.2) is 16.4 Å². The lowest BCUT2D eigenvalue weighted by Gasteiger charge is -2.08. The number of benzene rings is 1. The maximum atomic E-state index is 12.4. The molecule has 24 heavy (non-hydrogen) atoms. The Morgan fingerprint density at radius 1 is 1.17 bits per heavy atom. The average molecular weight is 346 g/mol. The molecule has 1 aromatic heterocycles. The third kappa shape index (κ3) is 3.82. The Bertz CT molecular complexity index is 818. The summed E-state index contributed by atoms with van der Waals surface area (Å²) in [6, 6.07) is 7.72. The first-order valence-corrected chi connectivity index (χ1v) is 8.92. The van der Waals surface area contributed by atoms with Gasteiger partial charge in [0.2, 0.25) is 11.8 Å². The summed E-state index contributed by atoms with van der Waals surface area (Å²) in [5.41, 5.74) is 1.82. The van der Waals surface area contributed by atoms with Gasteiger partial charge in [-0.25, -0.2) is 9.56 Å². The van der Waals surface area contributed by atoms with Crippen LogP contribution >= 0.6 is 11.3 Å². The second-order valence-electron chi connectivity index (χ2n) is 5.28. The lowest BCUT2D eigenvalue weighted by Crippen LogP contribution is -2.24. The van der Waals surface area contributed by atoms with Crippen LogP contribution in [-0.2, 0) is 11.2 Å². The van der Waals surface area contributed by atoms with Crippen molar-refractivity contribution in [3.05, 3.63) is 39.5 Å². The SMILES string of the molecule is CCC(=O)Oc1c(CC)sc(=Nc2ccccc2C)n1C(=O)CC. The van der Waals surface area contributed by atoms with Crippen LogP contribution in [0.1, 0.15) is 48.8 Å². The Morgan fingerprint density at radius 3 is 2.46 bits per heavy atom. The highest BCUT2D eigenvalue weighted by molar-refractivity contribution is 7.09. The predicted molar refractivity (Wildman–Crippen MR) is 94.9 cm³/mol. The molecule has 1 heterocycles. The minimum atomic E-state index is -0.359. The molecule has 2 rings (SSSR count). The molecule has 0 bridgehead atoms. The summed E-state index contributed by atoms with van der Waals surface area (Å²) < 4.78 is 6.88. The molecule has 0 N–H and O–H groups in total. The molecule has 0 radical (unpaired) electrons. The van der Waals surface area contributed by atoms with Crippen molar-refractivity contribution >= 4 is 28.9 Å². The number of ether oxygens (including phenoxy) is 1. The van der Waals surface area contributed by atoms with Gasteiger partial charge in [-0.3, -0.25) is 9.59 Å². The van der Waals surface area contributed by atoms with Gasteiger partial charge < -0.3 is 4.74 Å². The van der Waals surface area contributed by atoms with E-state index in [1.807, 2.05) is 38.1 Å². The fourth-order valence-electron chi connectivity index (χ4n) is 2.16. The summed E-state index contributed by atoms with van der Waals surface area (Å²) in [7, 11) is 0. The van der Waals surface area contributed by atoms with Gasteiger partial charge in [0.05, 0.1) is 10.6 Å². The van der Waals surface area contributed by atoms with Gasteiger partial charge in [-0.05, 0) is 25.0 Å². The van der Waals surface area contributed by atoms with Crippen molar-refractivity contribution in [2.45, 2.75) is 47.0 Å². The zero-order chi connectivity index (χ0) is 17.7. The number of para-hydroxylation sites is 1. The summed E-state index contributed by atoms with van der Waals surface area (Å²) in [4.78, 5) is 30.2. The number of aryl methyl sites for hydroxylation is 2. The average Bonchev–Trinajstić information content (AvgIpc) is 2.93. The quantitative estimate of drug-likeness (QED) is 0.768. The van der Waals surface area contributed by atoms with Crippen LogP contribution < -0.4 is 9.54 Å². The lowest BCUT2D eigenvalue weighted by molar-refractivity contribution is -0.134. The number of thiazole rings is 1. The van der Waals surface area contributed by atoms with E-state index in [2.05, 4.69) is 4.99 Å². The van der Waals surface area contributed by atoms with Crippen molar-refractivity contribution in [1.29, 1.82) is 0 Å². The zero-order valence-electron chi connectivity index (χ0n) is 14.5. The van der Waals surface area contributed by atoms with Gasteiger partial charge in [0.15, 0.2) is 4.80 Å². The Morgan fingerprint density at radius 2 is 1.88 bits per heavy atom. The largest absolute Gasteiger partial charge is 0.408 e. The normalized spacial score (nSPS) is 11.6. The highest BCUT2D eigenvalue weighted by Gasteiger charge is 2.20. The van der Waals surface area contributed by atoms with E-state index in [9.17, 15) is 9.59 Å². The maximum Gasteiger partial charge on any atom is 0.312 e. The van der Waals surface area contributed by atoms with Crippen molar-refractivity contribution in [3.8, 4) is 5.88 Å². The minimum Gasteiger partial charge on any atom is -0.408 e. The van der Waals surface area contributed by atoms with Crippen LogP contribution in [0.5, 0.6) is 5.88 Å². The van der Waals surface area contributed by atoms with Gasteiger partial charge in [-0.1, -0.05) is 50.3 Å². The second kappa shape index (κ2) is 8.06. The molecule has 6 heteroatoms. The van der Waals surface area contributed by atoms with Crippen molar-refractivity contribution in [3.63, 3.8) is 0 Å². The van der Waals surface area contributed by atoms with Crippen LogP contribution in [0.15, 0.2) is 29.3 Å². The van der Waals surface area contributed by atoms with Crippen LogP contribution in [0.2, 0.25) is 0 Å². The number of aromatic nitrogens is 1. The monoisotopic (exact) mass is 346 g/mol. The van der Waals surface area contributed by atoms with E-state index in [0.717, 1.165) is 16.1 Å². The highest BCUT2D eigenvalue weighted by atomic mass is 32.1. The smallest absolute Gasteiger partial charge is 0.312 e. The third-order valence-corrected chi connectivity index (χ3v) is 4.72. The molecule has 0 aliphatic carbocycles. The Labute approximate surface area is 145 Å². The number of carbonyl (C=O) groups is 2. The van der Waals surface area contributed by atoms with Gasteiger partial charge in [-0.15, -0.1) is 0 Å². The second-order valence-corrected chi connectivity index (χ2v) is 6.34. The first-order valence-electron chi connectivity index (χ1n) is 8.10. The summed E-state index contributed by atoms with van der Waals surface area (Å²) in [6.45, 7) is 7.44. The van der Waals surface area contributed by atoms with Crippen molar-refractivity contribution in [2.24, 2.45) is 4.99 Å². The van der Waals surface area contributed by atoms with E-state index in [1.54, 1.807) is 13.8 Å². The van der Waals surface area contributed by atoms with E-state index in [1.165, 1.54) is 15.9 Å². The van der Waals surface area contributed by atoms with E-state index in [0.29, 0.717) is 23.5 Å². The zero-order valence-corrected chi connectivity index (χ0v) is 15.3. The van der Waals surface area contributed by atoms with Crippen LogP contribution in [0.3, 0.4) is 0 Å². The fraction of sp³-hybridized carbons (Fsp3) is 0.389. The predicted octanol–water partition coefficient (Wildman–Crippen LogP) is 4.02. The Balaban J connectivity index is 2.69. The van der Waals surface area contributed by atoms with Gasteiger partial charge >= 0.3 is 5.97 Å². The molecule has 5 nitrogen and oxygen atoms in total. The Kier molecular flexibility index (Phi) is 6.09. The topological polar surface area (TPSA) is 60.7 Å². The summed E-state index contributed by atoms with van der Waals surface area (Å²) >= 11 is 1.38. The molecule has 0 spiro atoms. The fourth-order valence-corrected chi connectivity index (χ4v) is 3.16. The molecule has 0 amide bonds. The first kappa shape index (κ1) is 18.1. The molecule has 0 saturated carbocycles. The van der Waals surface area contributed by atoms with E-state index in [4.69, 9.17) is 4.74 Å². The maximum absolute atomic E-state index is 12.4. The van der Waals surface area contributed by atoms with Gasteiger partial charge in [0.1, 0.15) is 0 Å². The molecule has 0 saturated heterocycles. The molecule has 0 fully saturated rings. The highest BCUT2D eigenvalue weighted by Crippen LogP contribution is 2.25. The molecule has 0 atom stereocenters. The summed E-state index contributed by atoms with van der Waals surface area (Å²) in [5, 5.41) is 0. The van der Waals surface area contributed by atoms with E-state index < -0.39 is 0 Å². The van der Waals surface area contributed by atoms with E-state index in [-0.39, 0.29) is 18.3 Å². The standard InChI is InChI=1S/C18H22N2O3S/c1-5-14-17(23-16(22)7-3)20(15(21)6-2)18(24-14)19-13-11-9-8-10-12(13)4/h8-11H,5-7H2,1-4H3. The number of hydrogen-bond acceptors (Lipinski definition) is 5. The summed E-state index contributed by atoms with van der Waals surface area (Å²) in [5.74, 6) is -0.187. The molecule has 128 valence electrons. The number of nitrogens with zero attached hydrogens (tertiary/aromatic N) is 2. The molecule has 0 aliphatic heterocycles. The number of hydrogen-bond donors (Lipinski definition) is 0. The van der Waals surface area contributed by atoms with Crippen LogP contribution in [0.25, 0.3) is 0 Å². The first-order chi connectivity index (χ1) is 11.5. The minimum absolute atomic E-state index is 0.141. The molecule has 0 aliphatic rings. The Hall–Kier alpha value is -2.21. The van der Waals surface area contributed by atoms with Crippen molar-refractivity contribution in [2.75, 3.05) is 0 Å². The number of esters is 1. The lowest BCUT2D eigenvalue weighted by atomic mass is 10.2. The number of carbonyl (C=O) groups excluding carboxylic acids is 2. The van der Waals surface area contributed by atoms with E-state index >= 15 is 0 Å². The molecular formula is C18H22N2O3S. The van der Waals surface area contributed by atoms with Gasteiger partial charge in [0, 0.05) is 12.8 Å². The van der Waals surface area contributed by atoms with Crippen LogP contribution in [0, 0.1) is 6.92 Å². The molecule has 0 unspecified atom stereocenters. The third-order valence-electron chi connectivity index (χ3n) is 3.55. The number of rotatable bonds is 5. The van der Waals surface area contributed by atoms with Gasteiger partial charge in [-0.2, -0.15) is 0 Å². The van der Waals surface area contributed by atoms with Gasteiger partial charge in [0.25, 0.3) is 0 Å². The summed E-state index contributed by atoms with van der Waals surface area (Å²) in [6.07, 6.45) is 1.22. The van der Waals surface area contributed by atoms with Crippen LogP contribution in [0.4, 0.5) is 5.69 Å². The van der Waals surface area contributed by atoms with Crippen molar-refractivity contribution in [1.82, 2.24) is 4.57 Å². The molecule has 2 aromatic rings. The molecule has 1 aromatic carbocycles. The molecular weight excluding hydrogens is 324 g/mol. The van der Waals surface area contributed by atoms with Crippen molar-refractivity contribution < 1.29 is 14.3 Å².